The minimum atomic E-state index is -0.602. The quantitative estimate of drug-likeness (QED) is 0.485. The highest BCUT2D eigenvalue weighted by Crippen LogP contribution is 2.42. The molecule has 5 rings (SSSR count). The number of anilines is 1. The topological polar surface area (TPSA) is 76.3 Å². The fourth-order valence-corrected chi connectivity index (χ4v) is 4.92. The molecule has 7 heteroatoms. The summed E-state index contributed by atoms with van der Waals surface area (Å²) in [5.41, 5.74) is 1.39. The van der Waals surface area contributed by atoms with Crippen LogP contribution < -0.4 is 10.3 Å². The molecule has 1 unspecified atom stereocenters. The molecule has 1 atom stereocenters. The predicted molar refractivity (Wildman–Crippen MR) is 116 cm³/mol. The molecule has 0 aliphatic carbocycles. The molecular formula is C23H19N3O3S. The molecule has 0 N–H and O–H groups in total. The Morgan fingerprint density at radius 2 is 1.77 bits per heavy atom. The third kappa shape index (κ3) is 2.93. The van der Waals surface area contributed by atoms with E-state index in [1.165, 1.54) is 11.3 Å². The molecular weight excluding hydrogens is 398 g/mol. The fourth-order valence-electron chi connectivity index (χ4n) is 3.84. The zero-order valence-corrected chi connectivity index (χ0v) is 17.3. The number of carbonyl (C=O) groups excluding carboxylic acids is 1. The molecule has 1 aliphatic heterocycles. The molecule has 0 spiro atoms. The lowest BCUT2D eigenvalue weighted by molar-refractivity contribution is 0.0970. The van der Waals surface area contributed by atoms with Gasteiger partial charge in [-0.05, 0) is 23.6 Å². The molecule has 0 saturated heterocycles. The van der Waals surface area contributed by atoms with Gasteiger partial charge in [-0.1, -0.05) is 67.6 Å². The maximum Gasteiger partial charge on any atom is 0.297 e. The lowest BCUT2D eigenvalue weighted by Crippen LogP contribution is -2.29. The minimum Gasteiger partial charge on any atom is -0.450 e. The number of benzene rings is 2. The summed E-state index contributed by atoms with van der Waals surface area (Å²) in [7, 11) is 0. The van der Waals surface area contributed by atoms with Gasteiger partial charge in [0.15, 0.2) is 5.43 Å². The molecule has 2 aromatic heterocycles. The second-order valence-corrected chi connectivity index (χ2v) is 8.78. The van der Waals surface area contributed by atoms with Crippen molar-refractivity contribution in [2.24, 2.45) is 5.92 Å². The van der Waals surface area contributed by atoms with E-state index in [2.05, 4.69) is 24.0 Å². The molecule has 1 aliphatic rings. The number of hydrogen-bond acceptors (Lipinski definition) is 6. The van der Waals surface area contributed by atoms with Crippen molar-refractivity contribution in [2.75, 3.05) is 4.90 Å². The normalized spacial score (nSPS) is 15.9. The largest absolute Gasteiger partial charge is 0.450 e. The summed E-state index contributed by atoms with van der Waals surface area (Å²) in [6.07, 6.45) is 0.781. The van der Waals surface area contributed by atoms with Crippen LogP contribution in [0.2, 0.25) is 0 Å². The molecule has 2 aromatic carbocycles. The molecule has 3 heterocycles. The van der Waals surface area contributed by atoms with Crippen LogP contribution in [-0.4, -0.2) is 16.1 Å². The first kappa shape index (κ1) is 18.7. The number of para-hydroxylation sites is 1. The van der Waals surface area contributed by atoms with E-state index in [-0.39, 0.29) is 17.1 Å². The lowest BCUT2D eigenvalue weighted by Gasteiger charge is -2.21. The third-order valence-corrected chi connectivity index (χ3v) is 6.08. The molecule has 0 saturated carbocycles. The minimum absolute atomic E-state index is 0.0770. The summed E-state index contributed by atoms with van der Waals surface area (Å²) in [6, 6.07) is 15.9. The van der Waals surface area contributed by atoms with Crippen LogP contribution in [0.15, 0.2) is 63.8 Å². The summed E-state index contributed by atoms with van der Waals surface area (Å²) in [6.45, 7) is 4.22. The van der Waals surface area contributed by atoms with Crippen LogP contribution >= 0.6 is 11.3 Å². The first-order valence-corrected chi connectivity index (χ1v) is 10.6. The van der Waals surface area contributed by atoms with E-state index in [4.69, 9.17) is 4.42 Å². The van der Waals surface area contributed by atoms with Crippen molar-refractivity contribution in [2.45, 2.75) is 26.3 Å². The smallest absolute Gasteiger partial charge is 0.297 e. The van der Waals surface area contributed by atoms with E-state index in [0.29, 0.717) is 27.6 Å². The van der Waals surface area contributed by atoms with Crippen LogP contribution in [0.25, 0.3) is 11.0 Å². The number of carbonyl (C=O) groups is 1. The molecule has 6 nitrogen and oxygen atoms in total. The Morgan fingerprint density at radius 3 is 2.53 bits per heavy atom. The Morgan fingerprint density at radius 1 is 1.03 bits per heavy atom. The Balaban J connectivity index is 1.73. The molecule has 30 heavy (non-hydrogen) atoms. The number of nitrogens with zero attached hydrogens (tertiary/aromatic N) is 3. The second-order valence-electron chi connectivity index (χ2n) is 7.73. The van der Waals surface area contributed by atoms with Crippen molar-refractivity contribution >= 4 is 33.3 Å². The van der Waals surface area contributed by atoms with Crippen LogP contribution in [0.5, 0.6) is 0 Å². The number of amides is 1. The summed E-state index contributed by atoms with van der Waals surface area (Å²) < 4.78 is 5.94. The number of fused-ring (bicyclic) bond motifs is 2. The zero-order chi connectivity index (χ0) is 20.8. The first-order valence-electron chi connectivity index (χ1n) is 9.81. The lowest BCUT2D eigenvalue weighted by atomic mass is 9.99. The van der Waals surface area contributed by atoms with Crippen LogP contribution in [0, 0.1) is 5.92 Å². The third-order valence-electron chi connectivity index (χ3n) is 5.14. The Bertz CT molecular complexity index is 1310. The van der Waals surface area contributed by atoms with E-state index in [0.717, 1.165) is 17.0 Å². The van der Waals surface area contributed by atoms with Gasteiger partial charge in [-0.3, -0.25) is 14.5 Å². The number of hydrogen-bond donors (Lipinski definition) is 0. The van der Waals surface area contributed by atoms with E-state index < -0.39 is 6.04 Å². The van der Waals surface area contributed by atoms with E-state index in [1.807, 2.05) is 30.3 Å². The molecule has 0 radical (unpaired) electrons. The Labute approximate surface area is 176 Å². The van der Waals surface area contributed by atoms with Crippen molar-refractivity contribution in [3.05, 3.63) is 86.7 Å². The van der Waals surface area contributed by atoms with Crippen molar-refractivity contribution < 1.29 is 9.21 Å². The standard InChI is InChI=1S/C23H19N3O3S/c1-13(2)12-17-24-25-23(30-17)26-19(14-8-4-3-5-9-14)18-20(27)15-10-6-7-11-16(15)29-21(18)22(26)28/h3-11,13,19H,12H2,1-2H3. The van der Waals surface area contributed by atoms with Crippen molar-refractivity contribution in [3.8, 4) is 0 Å². The zero-order valence-electron chi connectivity index (χ0n) is 16.5. The van der Waals surface area contributed by atoms with Gasteiger partial charge in [0.05, 0.1) is 17.0 Å². The van der Waals surface area contributed by atoms with Gasteiger partial charge in [0.2, 0.25) is 10.9 Å². The average Bonchev–Trinajstić information content (AvgIpc) is 3.31. The van der Waals surface area contributed by atoms with Gasteiger partial charge in [0.1, 0.15) is 10.6 Å². The van der Waals surface area contributed by atoms with Gasteiger partial charge in [-0.2, -0.15) is 0 Å². The van der Waals surface area contributed by atoms with Gasteiger partial charge < -0.3 is 4.42 Å². The fraction of sp³-hybridized carbons (Fsp3) is 0.217. The highest BCUT2D eigenvalue weighted by molar-refractivity contribution is 7.15. The van der Waals surface area contributed by atoms with Crippen LogP contribution in [-0.2, 0) is 6.42 Å². The van der Waals surface area contributed by atoms with E-state index in [1.54, 1.807) is 29.2 Å². The van der Waals surface area contributed by atoms with Gasteiger partial charge in [-0.15, -0.1) is 10.2 Å². The highest BCUT2D eigenvalue weighted by Gasteiger charge is 2.45. The molecule has 4 aromatic rings. The summed E-state index contributed by atoms with van der Waals surface area (Å²) in [5.74, 6) is 0.137. The number of aromatic nitrogens is 2. The van der Waals surface area contributed by atoms with Crippen molar-refractivity contribution in [1.29, 1.82) is 0 Å². The summed E-state index contributed by atoms with van der Waals surface area (Å²) in [4.78, 5) is 28.4. The van der Waals surface area contributed by atoms with Gasteiger partial charge in [0, 0.05) is 6.42 Å². The Kier molecular flexibility index (Phi) is 4.47. The SMILES string of the molecule is CC(C)Cc1nnc(N2C(=O)c3oc4ccccc4c(=O)c3C2c2ccccc2)s1. The molecule has 0 fully saturated rings. The highest BCUT2D eigenvalue weighted by atomic mass is 32.1. The van der Waals surface area contributed by atoms with E-state index >= 15 is 0 Å². The molecule has 150 valence electrons. The maximum absolute atomic E-state index is 13.4. The van der Waals surface area contributed by atoms with Gasteiger partial charge in [-0.25, -0.2) is 0 Å². The van der Waals surface area contributed by atoms with Gasteiger partial charge >= 0.3 is 0 Å². The summed E-state index contributed by atoms with van der Waals surface area (Å²) in [5, 5.41) is 10.4. The van der Waals surface area contributed by atoms with Gasteiger partial charge in [0.25, 0.3) is 5.91 Å². The maximum atomic E-state index is 13.4. The second kappa shape index (κ2) is 7.18. The average molecular weight is 417 g/mol. The van der Waals surface area contributed by atoms with E-state index in [9.17, 15) is 9.59 Å². The van der Waals surface area contributed by atoms with Crippen molar-refractivity contribution in [3.63, 3.8) is 0 Å². The first-order chi connectivity index (χ1) is 14.5. The van der Waals surface area contributed by atoms with Crippen LogP contribution in [0.3, 0.4) is 0 Å². The number of rotatable bonds is 4. The van der Waals surface area contributed by atoms with Crippen molar-refractivity contribution in [1.82, 2.24) is 10.2 Å². The Hall–Kier alpha value is -3.32. The van der Waals surface area contributed by atoms with Crippen LogP contribution in [0.1, 0.15) is 46.6 Å². The monoisotopic (exact) mass is 417 g/mol. The molecule has 1 amide bonds. The molecule has 0 bridgehead atoms. The predicted octanol–water partition coefficient (Wildman–Crippen LogP) is 4.59. The summed E-state index contributed by atoms with van der Waals surface area (Å²) >= 11 is 1.38. The van der Waals surface area contributed by atoms with Crippen LogP contribution in [0.4, 0.5) is 5.13 Å².